The Morgan fingerprint density at radius 1 is 1.14 bits per heavy atom. The Morgan fingerprint density at radius 3 is 1.57 bits per heavy atom. The number of rotatable bonds is 0. The lowest BCUT2D eigenvalue weighted by Crippen LogP contribution is -2.53. The van der Waals surface area contributed by atoms with Crippen molar-refractivity contribution in [2.24, 2.45) is 5.92 Å². The minimum absolute atomic E-state index is 1.18. The normalized spacial score (nSPS) is 57.6. The van der Waals surface area contributed by atoms with Crippen molar-refractivity contribution in [3.63, 3.8) is 0 Å². The molecule has 0 bridgehead atoms. The van der Waals surface area contributed by atoms with Crippen molar-refractivity contribution in [3.05, 3.63) is 0 Å². The largest absolute Gasteiger partial charge is 0.255 e. The van der Waals surface area contributed by atoms with Gasteiger partial charge in [-0.25, -0.2) is 13.2 Å². The van der Waals surface area contributed by atoms with Crippen LogP contribution in [0.4, 0.5) is 13.2 Å². The number of hydrogen-bond donors (Lipinski definition) is 0. The Hall–Kier alpha value is 0.715. The van der Waals surface area contributed by atoms with Crippen molar-refractivity contribution in [3.8, 4) is 0 Å². The van der Waals surface area contributed by atoms with Crippen LogP contribution < -0.4 is 0 Å². The number of hydrogen-bond acceptors (Lipinski definition) is 0. The second kappa shape index (κ2) is 2.89. The molecular formula is C8H14BF3P2. The van der Waals surface area contributed by atoms with Gasteiger partial charge in [0, 0.05) is 10.2 Å². The van der Waals surface area contributed by atoms with E-state index in [1.54, 1.807) is 0 Å². The molecule has 2 radical (unpaired) electrons. The van der Waals surface area contributed by atoms with Crippen LogP contribution >= 0.6 is 18.5 Å². The molecule has 0 aliphatic heterocycles. The summed E-state index contributed by atoms with van der Waals surface area (Å²) in [7, 11) is 9.59. The fourth-order valence-electron chi connectivity index (χ4n) is 1.90. The molecule has 0 N–H and O–H groups in total. The van der Waals surface area contributed by atoms with Gasteiger partial charge in [0.2, 0.25) is 0 Å². The van der Waals surface area contributed by atoms with E-state index in [1.807, 2.05) is 9.24 Å². The van der Waals surface area contributed by atoms with Gasteiger partial charge in [0.05, 0.1) is 13.8 Å². The van der Waals surface area contributed by atoms with E-state index in [9.17, 15) is 13.2 Å². The molecule has 1 fully saturated rings. The molecule has 0 amide bonds. The molecule has 1 aliphatic carbocycles. The third kappa shape index (κ3) is 1.11. The lowest BCUT2D eigenvalue weighted by molar-refractivity contribution is -0.0622. The first-order valence-corrected chi connectivity index (χ1v) is 5.49. The van der Waals surface area contributed by atoms with E-state index in [4.69, 9.17) is 7.85 Å². The van der Waals surface area contributed by atoms with Crippen molar-refractivity contribution >= 4 is 26.3 Å². The molecule has 80 valence electrons. The second-order valence-corrected chi connectivity index (χ2v) is 6.56. The summed E-state index contributed by atoms with van der Waals surface area (Å²) in [6, 6.07) is 0. The maximum Gasteiger partial charge on any atom is 0.255 e. The zero-order valence-corrected chi connectivity index (χ0v) is 10.8. The topological polar surface area (TPSA) is 0 Å². The Kier molecular flexibility index (Phi) is 2.64. The molecule has 0 aromatic carbocycles. The van der Waals surface area contributed by atoms with E-state index >= 15 is 0 Å². The Bertz CT molecular complexity index is 237. The molecular weight excluding hydrogens is 226 g/mol. The molecule has 0 saturated heterocycles. The summed E-state index contributed by atoms with van der Waals surface area (Å²) in [6.45, 7) is 3.78. The summed E-state index contributed by atoms with van der Waals surface area (Å²) in [6.07, 6.45) is 0. The maximum absolute atomic E-state index is 14.2. The van der Waals surface area contributed by atoms with Gasteiger partial charge in [-0.1, -0.05) is 13.8 Å². The average molecular weight is 240 g/mol. The van der Waals surface area contributed by atoms with Gasteiger partial charge < -0.3 is 0 Å². The third-order valence-electron chi connectivity index (χ3n) is 3.78. The smallest absolute Gasteiger partial charge is 0.243 e. The quantitative estimate of drug-likeness (QED) is 0.450. The minimum Gasteiger partial charge on any atom is -0.243 e. The van der Waals surface area contributed by atoms with Gasteiger partial charge in [-0.2, -0.15) is 0 Å². The fourth-order valence-corrected chi connectivity index (χ4v) is 2.87. The summed E-state index contributed by atoms with van der Waals surface area (Å²) in [5.41, 5.74) is -2.02. The van der Waals surface area contributed by atoms with Crippen LogP contribution in [-0.4, -0.2) is 29.6 Å². The molecule has 0 spiro atoms. The van der Waals surface area contributed by atoms with Crippen molar-refractivity contribution in [2.45, 2.75) is 42.6 Å². The Labute approximate surface area is 88.6 Å². The molecule has 0 aromatic rings. The van der Waals surface area contributed by atoms with E-state index < -0.39 is 27.7 Å². The molecule has 6 atom stereocenters. The number of halogens is 3. The fraction of sp³-hybridized carbons (Fsp3) is 1.00. The van der Waals surface area contributed by atoms with Crippen molar-refractivity contribution < 1.29 is 13.2 Å². The lowest BCUT2D eigenvalue weighted by Gasteiger charge is -2.41. The first kappa shape index (κ1) is 12.8. The molecule has 1 rings (SSSR count). The maximum atomic E-state index is 14.2. The summed E-state index contributed by atoms with van der Waals surface area (Å²) in [5, 5.41) is -3.30. The van der Waals surface area contributed by atoms with Gasteiger partial charge >= 0.3 is 0 Å². The van der Waals surface area contributed by atoms with Crippen molar-refractivity contribution in [2.75, 3.05) is 0 Å². The van der Waals surface area contributed by atoms with E-state index in [2.05, 4.69) is 9.24 Å². The lowest BCUT2D eigenvalue weighted by atomic mass is 9.73. The van der Waals surface area contributed by atoms with E-state index in [0.29, 0.717) is 0 Å². The van der Waals surface area contributed by atoms with Crippen LogP contribution in [0.5, 0.6) is 0 Å². The van der Waals surface area contributed by atoms with E-state index in [1.165, 1.54) is 20.8 Å². The molecule has 0 aromatic heterocycles. The predicted molar refractivity (Wildman–Crippen MR) is 59.9 cm³/mol. The van der Waals surface area contributed by atoms with Crippen LogP contribution in [0.15, 0.2) is 0 Å². The molecule has 14 heavy (non-hydrogen) atoms. The van der Waals surface area contributed by atoms with E-state index in [0.717, 1.165) is 0 Å². The Balaban J connectivity index is 3.38. The highest BCUT2D eigenvalue weighted by atomic mass is 31.0. The van der Waals surface area contributed by atoms with Crippen LogP contribution in [0.2, 0.25) is 0 Å². The van der Waals surface area contributed by atoms with Crippen LogP contribution in [-0.2, 0) is 0 Å². The Morgan fingerprint density at radius 2 is 1.50 bits per heavy atom. The minimum atomic E-state index is -3.24. The van der Waals surface area contributed by atoms with Gasteiger partial charge in [-0.05, 0) is 6.92 Å². The van der Waals surface area contributed by atoms with Crippen molar-refractivity contribution in [1.82, 2.24) is 0 Å². The molecule has 1 saturated carbocycles. The molecule has 0 heterocycles. The van der Waals surface area contributed by atoms with E-state index in [-0.39, 0.29) is 0 Å². The van der Waals surface area contributed by atoms with Gasteiger partial charge in [0.15, 0.2) is 0 Å². The van der Waals surface area contributed by atoms with Crippen LogP contribution in [0.3, 0.4) is 0 Å². The van der Waals surface area contributed by atoms with Crippen molar-refractivity contribution in [1.29, 1.82) is 0 Å². The zero-order valence-electron chi connectivity index (χ0n) is 8.44. The summed E-state index contributed by atoms with van der Waals surface area (Å²) >= 11 is 0. The number of alkyl halides is 3. The first-order valence-electron chi connectivity index (χ1n) is 4.34. The summed E-state index contributed by atoms with van der Waals surface area (Å²) in [4.78, 5) is 0. The van der Waals surface area contributed by atoms with Crippen LogP contribution in [0, 0.1) is 5.92 Å². The van der Waals surface area contributed by atoms with Crippen LogP contribution in [0.25, 0.3) is 0 Å². The van der Waals surface area contributed by atoms with Gasteiger partial charge in [-0.15, -0.1) is 18.5 Å². The average Bonchev–Trinajstić information content (AvgIpc) is 2.05. The summed E-state index contributed by atoms with van der Waals surface area (Å²) in [5.74, 6) is -4.64. The molecule has 1 aliphatic rings. The molecule has 0 nitrogen and oxygen atoms in total. The first-order chi connectivity index (χ1) is 5.90. The standard InChI is InChI=1S/C8H14BF3P2/c1-4-5(2,10)6(3,13)8(9,14)7(4,11)12/h4H,13-14H2,1-3H3. The monoisotopic (exact) mass is 240 g/mol. The van der Waals surface area contributed by atoms with Gasteiger partial charge in [0.25, 0.3) is 5.92 Å². The van der Waals surface area contributed by atoms with Gasteiger partial charge in [0.1, 0.15) is 5.67 Å². The van der Waals surface area contributed by atoms with Crippen LogP contribution in [0.1, 0.15) is 20.8 Å². The SMILES string of the molecule is [B]C1(P)C(F)(F)C(C)C(C)(F)C1(C)P. The predicted octanol–water partition coefficient (Wildman–Crippen LogP) is 2.37. The van der Waals surface area contributed by atoms with Gasteiger partial charge in [-0.3, -0.25) is 0 Å². The highest BCUT2D eigenvalue weighted by Gasteiger charge is 2.75. The third-order valence-corrected chi connectivity index (χ3v) is 6.14. The molecule has 6 unspecified atom stereocenters. The highest BCUT2D eigenvalue weighted by Crippen LogP contribution is 2.65. The summed E-state index contributed by atoms with van der Waals surface area (Å²) < 4.78 is 41.6. The zero-order chi connectivity index (χ0) is 11.6. The molecule has 6 heteroatoms. The second-order valence-electron chi connectivity index (χ2n) is 4.49. The highest BCUT2D eigenvalue weighted by molar-refractivity contribution is 7.28.